The van der Waals surface area contributed by atoms with Crippen molar-refractivity contribution in [2.24, 2.45) is 0 Å². The van der Waals surface area contributed by atoms with Gasteiger partial charge in [-0.2, -0.15) is 0 Å². The van der Waals surface area contributed by atoms with E-state index in [2.05, 4.69) is 59.2 Å². The van der Waals surface area contributed by atoms with Crippen molar-refractivity contribution < 1.29 is 4.79 Å². The number of Topliss-reactive ketones (excluding diaryl/α,β-unsaturated/α-hetero) is 1. The summed E-state index contributed by atoms with van der Waals surface area (Å²) in [5.74, 6) is 24.3. The molecule has 0 aromatic carbocycles. The van der Waals surface area contributed by atoms with Crippen molar-refractivity contribution in [2.75, 3.05) is 0 Å². The molecule has 0 rings (SSSR count). The third kappa shape index (κ3) is 9.47. The number of carbonyl (C=O) groups excluding carboxylic acids is 1. The molecule has 0 aliphatic heterocycles. The predicted molar refractivity (Wildman–Crippen MR) is 55.2 cm³/mol. The second-order valence-corrected chi connectivity index (χ2v) is 1.93. The number of hydrogen-bond donors (Lipinski definition) is 0. The Morgan fingerprint density at radius 3 is 1.64 bits per heavy atom. The first kappa shape index (κ1) is 11.5. The lowest BCUT2D eigenvalue weighted by molar-refractivity contribution is -0.111. The van der Waals surface area contributed by atoms with Gasteiger partial charge in [-0.1, -0.05) is 5.92 Å². The fraction of sp³-hybridized carbons (Fsp3) is 0.154. The van der Waals surface area contributed by atoms with E-state index in [0.29, 0.717) is 0 Å². The van der Waals surface area contributed by atoms with Crippen LogP contribution in [0.1, 0.15) is 13.8 Å². The molecule has 0 saturated heterocycles. The second-order valence-electron chi connectivity index (χ2n) is 1.93. The lowest BCUT2D eigenvalue weighted by Crippen LogP contribution is -1.78. The Balaban J connectivity index is 4.19. The molecular weight excluding hydrogens is 172 g/mol. The Hall–Kier alpha value is -2.53. The van der Waals surface area contributed by atoms with Crippen LogP contribution in [0.3, 0.4) is 0 Å². The van der Waals surface area contributed by atoms with Crippen molar-refractivity contribution in [2.45, 2.75) is 13.8 Å². The van der Waals surface area contributed by atoms with Gasteiger partial charge in [0.25, 0.3) is 0 Å². The summed E-state index contributed by atoms with van der Waals surface area (Å²) in [4.78, 5) is 10.3. The molecule has 0 heterocycles. The summed E-state index contributed by atoms with van der Waals surface area (Å²) in [6.07, 6.45) is 0. The van der Waals surface area contributed by atoms with Crippen LogP contribution in [0, 0.1) is 59.2 Å². The Morgan fingerprint density at radius 2 is 1.21 bits per heavy atom. The van der Waals surface area contributed by atoms with Gasteiger partial charge in [-0.05, 0) is 60.2 Å². The van der Waals surface area contributed by atoms with Crippen molar-refractivity contribution in [1.29, 1.82) is 0 Å². The summed E-state index contributed by atoms with van der Waals surface area (Å²) in [6.45, 7) is 3.06. The monoisotopic (exact) mass is 178 g/mol. The normalized spacial score (nSPS) is 4.71. The van der Waals surface area contributed by atoms with E-state index in [4.69, 9.17) is 0 Å². The van der Waals surface area contributed by atoms with E-state index >= 15 is 0 Å². The van der Waals surface area contributed by atoms with Crippen molar-refractivity contribution in [3.05, 3.63) is 0 Å². The molecule has 0 amide bonds. The molecule has 1 heteroatoms. The van der Waals surface area contributed by atoms with E-state index in [0.717, 1.165) is 0 Å². The van der Waals surface area contributed by atoms with Gasteiger partial charge in [-0.15, -0.1) is 0 Å². The Morgan fingerprint density at radius 1 is 0.786 bits per heavy atom. The van der Waals surface area contributed by atoms with E-state index < -0.39 is 0 Å². The average Bonchev–Trinajstić information content (AvgIpc) is 2.15. The van der Waals surface area contributed by atoms with Crippen molar-refractivity contribution in [3.63, 3.8) is 0 Å². The quantitative estimate of drug-likeness (QED) is 0.392. The summed E-state index contributed by atoms with van der Waals surface area (Å²) >= 11 is 0. The Kier molecular flexibility index (Phi) is 7.02. The van der Waals surface area contributed by atoms with Crippen molar-refractivity contribution in [3.8, 4) is 59.2 Å². The Bertz CT molecular complexity index is 508. The second kappa shape index (κ2) is 8.57. The average molecular weight is 178 g/mol. The highest BCUT2D eigenvalue weighted by molar-refractivity contribution is 5.93. The van der Waals surface area contributed by atoms with Crippen molar-refractivity contribution in [1.82, 2.24) is 0 Å². The molecule has 0 unspecified atom stereocenters. The fourth-order valence-electron chi connectivity index (χ4n) is 0.369. The first-order valence-corrected chi connectivity index (χ1v) is 3.70. The molecular formula is C13H6O. The van der Waals surface area contributed by atoms with E-state index in [9.17, 15) is 4.79 Å². The Labute approximate surface area is 84.3 Å². The molecule has 0 aliphatic rings. The minimum Gasteiger partial charge on any atom is -0.285 e. The first-order valence-electron chi connectivity index (χ1n) is 3.70. The highest BCUT2D eigenvalue weighted by atomic mass is 16.1. The van der Waals surface area contributed by atoms with Gasteiger partial charge in [0.15, 0.2) is 0 Å². The summed E-state index contributed by atoms with van der Waals surface area (Å²) in [5.41, 5.74) is 0. The molecule has 64 valence electrons. The first-order chi connectivity index (χ1) is 6.77. The molecule has 0 bridgehead atoms. The third-order valence-corrected chi connectivity index (χ3v) is 0.801. The molecule has 0 radical (unpaired) electrons. The zero-order chi connectivity index (χ0) is 10.6. The molecule has 0 N–H and O–H groups in total. The van der Waals surface area contributed by atoms with Gasteiger partial charge >= 0.3 is 0 Å². The number of carbonyl (C=O) groups is 1. The maximum Gasteiger partial charge on any atom is 0.203 e. The molecule has 0 atom stereocenters. The van der Waals surface area contributed by atoms with Crippen LogP contribution in [0.4, 0.5) is 0 Å². The van der Waals surface area contributed by atoms with Crippen LogP contribution in [-0.2, 0) is 4.79 Å². The van der Waals surface area contributed by atoms with Crippen LogP contribution in [0.5, 0.6) is 0 Å². The van der Waals surface area contributed by atoms with Gasteiger partial charge in [0.2, 0.25) is 5.78 Å². The van der Waals surface area contributed by atoms with Crippen LogP contribution in [0.15, 0.2) is 0 Å². The summed E-state index contributed by atoms with van der Waals surface area (Å²) in [6, 6.07) is 0. The van der Waals surface area contributed by atoms with Crippen molar-refractivity contribution >= 4 is 5.78 Å². The number of rotatable bonds is 0. The van der Waals surface area contributed by atoms with E-state index in [1.54, 1.807) is 6.92 Å². The van der Waals surface area contributed by atoms with Gasteiger partial charge in [-0.25, -0.2) is 0 Å². The third-order valence-electron chi connectivity index (χ3n) is 0.801. The SMILES string of the molecule is CC#CC#CC#CC#CC#CC(C)=O. The zero-order valence-corrected chi connectivity index (χ0v) is 7.91. The fourth-order valence-corrected chi connectivity index (χ4v) is 0.369. The molecule has 0 saturated carbocycles. The molecule has 1 nitrogen and oxygen atoms in total. The maximum absolute atomic E-state index is 10.3. The van der Waals surface area contributed by atoms with Crippen LogP contribution >= 0.6 is 0 Å². The van der Waals surface area contributed by atoms with Gasteiger partial charge < -0.3 is 0 Å². The number of hydrogen-bond acceptors (Lipinski definition) is 1. The summed E-state index contributed by atoms with van der Waals surface area (Å²) in [5, 5.41) is 0. The van der Waals surface area contributed by atoms with Crippen LogP contribution < -0.4 is 0 Å². The largest absolute Gasteiger partial charge is 0.285 e. The standard InChI is InChI=1S/C13H6O/c1-3-4-5-6-7-8-9-10-11-12-13(2)14/h1-2H3. The van der Waals surface area contributed by atoms with E-state index in [-0.39, 0.29) is 5.78 Å². The molecule has 0 spiro atoms. The maximum atomic E-state index is 10.3. The van der Waals surface area contributed by atoms with Crippen LogP contribution in [0.25, 0.3) is 0 Å². The molecule has 0 fully saturated rings. The van der Waals surface area contributed by atoms with Gasteiger partial charge in [-0.3, -0.25) is 4.79 Å². The summed E-state index contributed by atoms with van der Waals surface area (Å²) in [7, 11) is 0. The molecule has 0 aliphatic carbocycles. The molecule has 14 heavy (non-hydrogen) atoms. The predicted octanol–water partition coefficient (Wildman–Crippen LogP) is 0.612. The summed E-state index contributed by atoms with van der Waals surface area (Å²) < 4.78 is 0. The highest BCUT2D eigenvalue weighted by Crippen LogP contribution is 1.60. The smallest absolute Gasteiger partial charge is 0.203 e. The van der Waals surface area contributed by atoms with E-state index in [1.807, 2.05) is 0 Å². The number of ketones is 1. The van der Waals surface area contributed by atoms with Crippen LogP contribution in [0.2, 0.25) is 0 Å². The zero-order valence-electron chi connectivity index (χ0n) is 7.91. The van der Waals surface area contributed by atoms with Gasteiger partial charge in [0, 0.05) is 6.92 Å². The minimum atomic E-state index is -0.217. The topological polar surface area (TPSA) is 17.1 Å². The molecule has 0 aromatic heterocycles. The highest BCUT2D eigenvalue weighted by Gasteiger charge is 1.74. The lowest BCUT2D eigenvalue weighted by atomic mass is 10.4. The van der Waals surface area contributed by atoms with E-state index in [1.165, 1.54) is 6.92 Å². The van der Waals surface area contributed by atoms with Gasteiger partial charge in [0.1, 0.15) is 0 Å². The van der Waals surface area contributed by atoms with Crippen LogP contribution in [-0.4, -0.2) is 5.78 Å². The van der Waals surface area contributed by atoms with Gasteiger partial charge in [0.05, 0.1) is 0 Å². The molecule has 0 aromatic rings. The lowest BCUT2D eigenvalue weighted by Gasteiger charge is -1.62. The minimum absolute atomic E-state index is 0.217.